The molecule has 1 fully saturated rings. The van der Waals surface area contributed by atoms with Crippen LogP contribution in [0.15, 0.2) is 36.2 Å². The Hall–Kier alpha value is -3.11. The fraction of sp³-hybridized carbons (Fsp3) is 0.421. The zero-order valence-corrected chi connectivity index (χ0v) is 16.7. The van der Waals surface area contributed by atoms with Crippen LogP contribution in [-0.4, -0.2) is 60.7 Å². The highest BCUT2D eigenvalue weighted by molar-refractivity contribution is 5.89. The Morgan fingerprint density at radius 2 is 2.21 bits per heavy atom. The molecule has 154 valence electrons. The molecule has 0 aromatic carbocycles. The molecular weight excluding hydrogens is 374 g/mol. The summed E-state index contributed by atoms with van der Waals surface area (Å²) in [6, 6.07) is 0.225. The quantitative estimate of drug-likeness (QED) is 0.406. The first-order valence-electron chi connectivity index (χ1n) is 9.38. The van der Waals surface area contributed by atoms with Gasteiger partial charge in [-0.2, -0.15) is 0 Å². The van der Waals surface area contributed by atoms with Gasteiger partial charge in [0.1, 0.15) is 22.9 Å². The molecule has 0 aliphatic heterocycles. The number of aromatic nitrogens is 5. The lowest BCUT2D eigenvalue weighted by Crippen LogP contribution is -2.48. The van der Waals surface area contributed by atoms with Crippen LogP contribution in [-0.2, 0) is 7.05 Å². The maximum absolute atomic E-state index is 13.0. The van der Waals surface area contributed by atoms with E-state index in [0.29, 0.717) is 28.3 Å². The van der Waals surface area contributed by atoms with Gasteiger partial charge < -0.3 is 24.7 Å². The molecule has 0 bridgehead atoms. The highest BCUT2D eigenvalue weighted by atomic mass is 16.5. The average Bonchev–Trinajstić information content (AvgIpc) is 3.29. The van der Waals surface area contributed by atoms with Crippen LogP contribution in [0.4, 0.5) is 11.4 Å². The van der Waals surface area contributed by atoms with Crippen LogP contribution in [0.3, 0.4) is 0 Å². The van der Waals surface area contributed by atoms with Gasteiger partial charge in [-0.15, -0.1) is 5.10 Å². The number of fused-ring (bicyclic) bond motifs is 1. The van der Waals surface area contributed by atoms with Gasteiger partial charge in [-0.05, 0) is 26.0 Å². The Kier molecular flexibility index (Phi) is 4.89. The summed E-state index contributed by atoms with van der Waals surface area (Å²) >= 11 is 0. The van der Waals surface area contributed by atoms with Crippen molar-refractivity contribution in [3.63, 3.8) is 0 Å². The molecule has 1 aliphatic carbocycles. The van der Waals surface area contributed by atoms with Gasteiger partial charge in [0, 0.05) is 25.3 Å². The number of aryl methyl sites for hydroxylation is 1. The minimum absolute atomic E-state index is 0.0380. The summed E-state index contributed by atoms with van der Waals surface area (Å²) in [5.74, 6) is 0.456. The zero-order chi connectivity index (χ0) is 20.7. The van der Waals surface area contributed by atoms with Crippen molar-refractivity contribution in [2.75, 3.05) is 19.5 Å². The zero-order valence-electron chi connectivity index (χ0n) is 16.7. The third-order valence-electron chi connectivity index (χ3n) is 5.55. The fourth-order valence-electron chi connectivity index (χ4n) is 3.76. The first-order valence-corrected chi connectivity index (χ1v) is 9.38. The topological polar surface area (TPSA) is 113 Å². The van der Waals surface area contributed by atoms with Gasteiger partial charge in [0.25, 0.3) is 11.4 Å². The summed E-state index contributed by atoms with van der Waals surface area (Å²) in [5, 5.41) is 17.5. The molecule has 1 unspecified atom stereocenters. The van der Waals surface area contributed by atoms with Crippen molar-refractivity contribution in [2.24, 2.45) is 7.05 Å². The molecule has 1 saturated carbocycles. The summed E-state index contributed by atoms with van der Waals surface area (Å²) in [4.78, 5) is 22.1. The number of rotatable bonds is 7. The highest BCUT2D eigenvalue weighted by Crippen LogP contribution is 2.37. The number of aliphatic hydroxyl groups excluding tert-OH is 1. The van der Waals surface area contributed by atoms with Gasteiger partial charge >= 0.3 is 0 Å². The van der Waals surface area contributed by atoms with Crippen LogP contribution in [0.2, 0.25) is 0 Å². The Morgan fingerprint density at radius 3 is 2.90 bits per heavy atom. The number of hydrogen-bond acceptors (Lipinski definition) is 7. The Balaban J connectivity index is 1.65. The second-order valence-electron chi connectivity index (χ2n) is 7.33. The molecular formula is C19H25N7O3. The third kappa shape index (κ3) is 3.30. The molecule has 3 heterocycles. The Morgan fingerprint density at radius 1 is 1.45 bits per heavy atom. The Bertz CT molecular complexity index is 1090. The standard InChI is InChI=1S/C19H25N7O3/c1-5-15(27)25(3)11-6-12(7-11)26-9-13(16-17(19(26)28)21-10-20-16)22-14-8-24(2)23-18(14)29-4/h5,8-12,15,22,27H,1,6-7H2,2-4H3,(H,20,21). The number of pyridine rings is 1. The molecule has 0 radical (unpaired) electrons. The van der Waals surface area contributed by atoms with Crippen molar-refractivity contribution in [1.29, 1.82) is 0 Å². The molecule has 3 N–H and O–H groups in total. The predicted molar refractivity (Wildman–Crippen MR) is 109 cm³/mol. The molecule has 1 atom stereocenters. The lowest BCUT2D eigenvalue weighted by molar-refractivity contribution is -0.0126. The highest BCUT2D eigenvalue weighted by Gasteiger charge is 2.36. The van der Waals surface area contributed by atoms with E-state index >= 15 is 0 Å². The van der Waals surface area contributed by atoms with Gasteiger partial charge in [-0.25, -0.2) is 4.98 Å². The lowest BCUT2D eigenvalue weighted by Gasteiger charge is -2.43. The second-order valence-corrected chi connectivity index (χ2v) is 7.33. The van der Waals surface area contributed by atoms with Crippen LogP contribution >= 0.6 is 0 Å². The minimum atomic E-state index is -0.692. The first-order chi connectivity index (χ1) is 13.9. The van der Waals surface area contributed by atoms with Gasteiger partial charge in [0.15, 0.2) is 0 Å². The molecule has 10 heteroatoms. The van der Waals surface area contributed by atoms with E-state index in [1.807, 2.05) is 11.9 Å². The van der Waals surface area contributed by atoms with E-state index in [2.05, 4.69) is 27.0 Å². The smallest absolute Gasteiger partial charge is 0.276 e. The first kappa shape index (κ1) is 19.2. The number of likely N-dealkylation sites (N-methyl/N-ethyl adjacent to an activating group) is 1. The number of methoxy groups -OCH3 is 1. The van der Waals surface area contributed by atoms with Crippen molar-refractivity contribution in [2.45, 2.75) is 31.2 Å². The van der Waals surface area contributed by atoms with Gasteiger partial charge in [0.05, 0.1) is 25.3 Å². The van der Waals surface area contributed by atoms with E-state index < -0.39 is 6.23 Å². The number of H-pyrrole nitrogens is 1. The average molecular weight is 399 g/mol. The molecule has 0 spiro atoms. The van der Waals surface area contributed by atoms with Crippen LogP contribution in [0.1, 0.15) is 18.9 Å². The van der Waals surface area contributed by atoms with Crippen molar-refractivity contribution in [3.05, 3.63) is 41.7 Å². The summed E-state index contributed by atoms with van der Waals surface area (Å²) < 4.78 is 8.69. The van der Waals surface area contributed by atoms with E-state index in [9.17, 15) is 9.90 Å². The van der Waals surface area contributed by atoms with E-state index in [-0.39, 0.29) is 17.6 Å². The molecule has 29 heavy (non-hydrogen) atoms. The molecule has 3 aromatic heterocycles. The molecule has 10 nitrogen and oxygen atoms in total. The van der Waals surface area contributed by atoms with E-state index in [4.69, 9.17) is 4.74 Å². The van der Waals surface area contributed by atoms with Gasteiger partial charge in [-0.3, -0.25) is 14.4 Å². The predicted octanol–water partition coefficient (Wildman–Crippen LogP) is 1.35. The lowest BCUT2D eigenvalue weighted by atomic mass is 9.85. The summed E-state index contributed by atoms with van der Waals surface area (Å²) in [6.45, 7) is 3.63. The molecule has 1 aliphatic rings. The number of ether oxygens (including phenoxy) is 1. The molecule has 0 saturated heterocycles. The summed E-state index contributed by atoms with van der Waals surface area (Å²) in [5.41, 5.74) is 2.27. The number of aromatic amines is 1. The van der Waals surface area contributed by atoms with Crippen LogP contribution in [0.25, 0.3) is 11.0 Å². The molecule has 3 aromatic rings. The van der Waals surface area contributed by atoms with Crippen molar-refractivity contribution >= 4 is 22.4 Å². The van der Waals surface area contributed by atoms with E-state index in [1.165, 1.54) is 12.4 Å². The number of aliphatic hydroxyl groups is 1. The van der Waals surface area contributed by atoms with Crippen LogP contribution < -0.4 is 15.6 Å². The van der Waals surface area contributed by atoms with Crippen molar-refractivity contribution in [3.8, 4) is 5.88 Å². The van der Waals surface area contributed by atoms with Crippen LogP contribution in [0.5, 0.6) is 5.88 Å². The maximum Gasteiger partial charge on any atom is 0.276 e. The Labute approximate surface area is 167 Å². The normalized spacial score (nSPS) is 19.9. The molecule has 4 rings (SSSR count). The number of hydrogen-bond donors (Lipinski definition) is 3. The SMILES string of the molecule is C=CC(O)N(C)C1CC(n2cc(Nc3cn(C)nc3OC)c3nc[nH]c3c2=O)C1. The third-order valence-corrected chi connectivity index (χ3v) is 5.55. The fourth-order valence-corrected chi connectivity index (χ4v) is 3.76. The number of nitrogens with zero attached hydrogens (tertiary/aromatic N) is 5. The summed E-state index contributed by atoms with van der Waals surface area (Å²) in [7, 11) is 5.22. The van der Waals surface area contributed by atoms with Gasteiger partial charge in [-0.1, -0.05) is 6.58 Å². The van der Waals surface area contributed by atoms with E-state index in [1.54, 1.807) is 35.8 Å². The van der Waals surface area contributed by atoms with Crippen LogP contribution in [0, 0.1) is 0 Å². The monoisotopic (exact) mass is 399 g/mol. The summed E-state index contributed by atoms with van der Waals surface area (Å²) in [6.07, 6.45) is 7.44. The van der Waals surface area contributed by atoms with Gasteiger partial charge in [0.2, 0.25) is 0 Å². The van der Waals surface area contributed by atoms with Crippen molar-refractivity contribution < 1.29 is 9.84 Å². The minimum Gasteiger partial charge on any atom is -0.478 e. The largest absolute Gasteiger partial charge is 0.478 e. The second kappa shape index (κ2) is 7.37. The maximum atomic E-state index is 13.0. The number of anilines is 2. The van der Waals surface area contributed by atoms with Crippen molar-refractivity contribution in [1.82, 2.24) is 29.2 Å². The number of nitrogens with one attached hydrogen (secondary N) is 2. The van der Waals surface area contributed by atoms with E-state index in [0.717, 1.165) is 12.8 Å². The molecule has 0 amide bonds. The number of imidazole rings is 1.